The van der Waals surface area contributed by atoms with Crippen molar-refractivity contribution in [3.8, 4) is 5.75 Å². The van der Waals surface area contributed by atoms with Crippen LogP contribution in [0.5, 0.6) is 5.75 Å². The van der Waals surface area contributed by atoms with Gasteiger partial charge in [-0.2, -0.15) is 0 Å². The van der Waals surface area contributed by atoms with Gasteiger partial charge in [0.2, 0.25) is 12.0 Å². The summed E-state index contributed by atoms with van der Waals surface area (Å²) in [4.78, 5) is 51.9. The predicted molar refractivity (Wildman–Crippen MR) is 213 cm³/mol. The number of rotatable bonds is 26. The van der Waals surface area contributed by atoms with Crippen LogP contribution in [0.25, 0.3) is 0 Å². The summed E-state index contributed by atoms with van der Waals surface area (Å²) in [6.45, 7) is 10.5. The van der Waals surface area contributed by atoms with Gasteiger partial charge in [0.25, 0.3) is 5.91 Å². The van der Waals surface area contributed by atoms with Crippen LogP contribution in [0.15, 0.2) is 41.3 Å². The molecule has 2 amide bonds. The number of Topliss-reactive ketones (excluding diaryl/α,β-unsaturated/α-hetero) is 1. The second-order valence-electron chi connectivity index (χ2n) is 14.3. The molecule has 10 nitrogen and oxygen atoms in total. The third kappa shape index (κ3) is 15.8. The number of hydrogen-bond acceptors (Lipinski definition) is 8. The number of anilines is 2. The topological polar surface area (TPSA) is 145 Å². The van der Waals surface area contributed by atoms with Crippen molar-refractivity contribution in [3.63, 3.8) is 0 Å². The average Bonchev–Trinajstić information content (AvgIpc) is 3.13. The monoisotopic (exact) mass is 776 g/mol. The maximum Gasteiger partial charge on any atom is 0.338 e. The van der Waals surface area contributed by atoms with Gasteiger partial charge in [0.1, 0.15) is 5.75 Å². The highest BCUT2D eigenvalue weighted by Gasteiger charge is 2.30. The standard InChI is InChI=1S/C41H61ClN2O8S/c1-7-10-11-12-13-14-15-16-17-18-19-20-21-22-27-51-39(47)31-23-25-33(42)34(28-31)43-38(46)37(30(4)45)52-36-26-24-32(53(49,50)9-3)29-35(36)44-40(48)41(5,6)8-2/h23-26,28-29,37H,7-22,27H2,1-6H3,(H,43,46)(H,44,48). The zero-order valence-corrected chi connectivity index (χ0v) is 34.2. The van der Waals surface area contributed by atoms with Gasteiger partial charge in [-0.3, -0.25) is 14.4 Å². The molecule has 2 aromatic rings. The van der Waals surface area contributed by atoms with Crippen LogP contribution in [-0.2, 0) is 29.0 Å². The minimum Gasteiger partial charge on any atom is -0.471 e. The molecule has 0 aromatic heterocycles. The summed E-state index contributed by atoms with van der Waals surface area (Å²) in [5.41, 5.74) is -0.568. The number of ketones is 1. The third-order valence-corrected chi connectivity index (χ3v) is 11.5. The first-order valence-electron chi connectivity index (χ1n) is 19.3. The molecule has 0 bridgehead atoms. The number of halogens is 1. The molecule has 0 radical (unpaired) electrons. The number of unbranched alkanes of at least 4 members (excludes halogenated alkanes) is 13. The fourth-order valence-corrected chi connectivity index (χ4v) is 6.53. The highest BCUT2D eigenvalue weighted by Crippen LogP contribution is 2.32. The van der Waals surface area contributed by atoms with E-state index in [0.29, 0.717) is 6.42 Å². The molecule has 0 heterocycles. The lowest BCUT2D eigenvalue weighted by molar-refractivity contribution is -0.133. The Hall–Kier alpha value is -3.44. The largest absolute Gasteiger partial charge is 0.471 e. The maximum atomic E-state index is 13.4. The van der Waals surface area contributed by atoms with Crippen LogP contribution < -0.4 is 15.4 Å². The second-order valence-corrected chi connectivity index (χ2v) is 17.0. The van der Waals surface area contributed by atoms with E-state index in [-0.39, 0.29) is 45.0 Å². The van der Waals surface area contributed by atoms with Crippen molar-refractivity contribution in [1.29, 1.82) is 0 Å². The Morgan fingerprint density at radius 1 is 0.755 bits per heavy atom. The number of amides is 2. The lowest BCUT2D eigenvalue weighted by Crippen LogP contribution is -2.39. The molecule has 0 saturated heterocycles. The molecule has 1 unspecified atom stereocenters. The minimum absolute atomic E-state index is 0.00771. The number of carbonyl (C=O) groups is 4. The highest BCUT2D eigenvalue weighted by atomic mass is 35.5. The van der Waals surface area contributed by atoms with Crippen molar-refractivity contribution in [1.82, 2.24) is 0 Å². The molecule has 0 spiro atoms. The van der Waals surface area contributed by atoms with Crippen molar-refractivity contribution in [2.24, 2.45) is 5.41 Å². The Kier molecular flexibility index (Phi) is 20.2. The number of hydrogen-bond donors (Lipinski definition) is 2. The third-order valence-electron chi connectivity index (χ3n) is 9.48. The van der Waals surface area contributed by atoms with Crippen LogP contribution in [-0.4, -0.2) is 50.4 Å². The van der Waals surface area contributed by atoms with E-state index in [1.54, 1.807) is 13.8 Å². The first kappa shape index (κ1) is 45.7. The fraction of sp³-hybridized carbons (Fsp3) is 0.610. The number of benzene rings is 2. The number of carbonyl (C=O) groups excluding carboxylic acids is 4. The number of esters is 1. The average molecular weight is 777 g/mol. The summed E-state index contributed by atoms with van der Waals surface area (Å²) in [6.07, 6.45) is 16.0. The lowest BCUT2D eigenvalue weighted by atomic mass is 9.89. The molecule has 2 aromatic carbocycles. The van der Waals surface area contributed by atoms with E-state index in [9.17, 15) is 27.6 Å². The molecule has 0 aliphatic carbocycles. The first-order chi connectivity index (χ1) is 25.2. The van der Waals surface area contributed by atoms with Gasteiger partial charge in [0, 0.05) is 5.41 Å². The minimum atomic E-state index is -3.66. The summed E-state index contributed by atoms with van der Waals surface area (Å²) in [6, 6.07) is 8.13. The molecule has 2 N–H and O–H groups in total. The van der Waals surface area contributed by atoms with Crippen LogP contribution in [0.1, 0.15) is 148 Å². The number of ether oxygens (including phenoxy) is 2. The summed E-state index contributed by atoms with van der Waals surface area (Å²) < 4.78 is 36.5. The van der Waals surface area contributed by atoms with Crippen LogP contribution >= 0.6 is 11.6 Å². The quantitative estimate of drug-likeness (QED) is 0.0546. The molecule has 296 valence electrons. The molecular weight excluding hydrogens is 716 g/mol. The van der Waals surface area contributed by atoms with E-state index in [2.05, 4.69) is 17.6 Å². The van der Waals surface area contributed by atoms with Gasteiger partial charge in [0.05, 0.1) is 39.2 Å². The Morgan fingerprint density at radius 3 is 1.85 bits per heavy atom. The SMILES string of the molecule is CCCCCCCCCCCCCCCCOC(=O)c1ccc(Cl)c(NC(=O)C(Oc2ccc(S(=O)(=O)CC)cc2NC(=O)C(C)(C)CC)C(C)=O)c1. The van der Waals surface area contributed by atoms with Crippen LogP contribution in [0.2, 0.25) is 5.02 Å². The molecule has 0 aliphatic rings. The lowest BCUT2D eigenvalue weighted by Gasteiger charge is -2.24. The predicted octanol–water partition coefficient (Wildman–Crippen LogP) is 10.1. The van der Waals surface area contributed by atoms with E-state index in [1.807, 2.05) is 6.92 Å². The van der Waals surface area contributed by atoms with E-state index < -0.39 is 44.9 Å². The van der Waals surface area contributed by atoms with E-state index >= 15 is 0 Å². The molecule has 1 atom stereocenters. The molecule has 12 heteroatoms. The normalized spacial score (nSPS) is 12.2. The molecule has 0 saturated carbocycles. The molecule has 0 fully saturated rings. The molecule has 53 heavy (non-hydrogen) atoms. The molecule has 0 aliphatic heterocycles. The van der Waals surface area contributed by atoms with Gasteiger partial charge >= 0.3 is 5.97 Å². The van der Waals surface area contributed by atoms with Crippen molar-refractivity contribution in [3.05, 3.63) is 47.0 Å². The van der Waals surface area contributed by atoms with Crippen molar-refractivity contribution < 1.29 is 37.1 Å². The molecule has 2 rings (SSSR count). The first-order valence-corrected chi connectivity index (χ1v) is 21.3. The maximum absolute atomic E-state index is 13.4. The van der Waals surface area contributed by atoms with Crippen LogP contribution in [0, 0.1) is 5.41 Å². The number of nitrogens with one attached hydrogen (secondary N) is 2. The Labute approximate surface area is 322 Å². The Bertz CT molecular complexity index is 1610. The van der Waals surface area contributed by atoms with E-state index in [1.165, 1.54) is 114 Å². The molecular formula is C41H61ClN2O8S. The van der Waals surface area contributed by atoms with Gasteiger partial charge in [0.15, 0.2) is 15.6 Å². The summed E-state index contributed by atoms with van der Waals surface area (Å²) in [5.74, 6) is -2.78. The highest BCUT2D eigenvalue weighted by molar-refractivity contribution is 7.91. The van der Waals surface area contributed by atoms with Gasteiger partial charge in [-0.25, -0.2) is 13.2 Å². The van der Waals surface area contributed by atoms with Crippen molar-refractivity contribution >= 4 is 56.4 Å². The number of sulfone groups is 1. The van der Waals surface area contributed by atoms with Gasteiger partial charge in [-0.15, -0.1) is 0 Å². The second kappa shape index (κ2) is 23.4. The Balaban J connectivity index is 1.97. The fourth-order valence-electron chi connectivity index (χ4n) is 5.46. The van der Waals surface area contributed by atoms with Gasteiger partial charge < -0.3 is 20.1 Å². The summed E-state index contributed by atoms with van der Waals surface area (Å²) in [5, 5.41) is 5.38. The van der Waals surface area contributed by atoms with Crippen molar-refractivity contribution in [2.75, 3.05) is 23.0 Å². The summed E-state index contributed by atoms with van der Waals surface area (Å²) in [7, 11) is -3.66. The van der Waals surface area contributed by atoms with Gasteiger partial charge in [-0.05, 0) is 56.2 Å². The van der Waals surface area contributed by atoms with E-state index in [0.717, 1.165) is 26.2 Å². The van der Waals surface area contributed by atoms with Crippen molar-refractivity contribution in [2.45, 2.75) is 149 Å². The van der Waals surface area contributed by atoms with Gasteiger partial charge in [-0.1, -0.05) is 130 Å². The van der Waals surface area contributed by atoms with E-state index in [4.69, 9.17) is 21.1 Å². The smallest absolute Gasteiger partial charge is 0.338 e. The summed E-state index contributed by atoms with van der Waals surface area (Å²) >= 11 is 6.35. The zero-order chi connectivity index (χ0) is 39.4. The van der Waals surface area contributed by atoms with Crippen LogP contribution in [0.4, 0.5) is 11.4 Å². The Morgan fingerprint density at radius 2 is 1.32 bits per heavy atom. The van der Waals surface area contributed by atoms with Crippen LogP contribution in [0.3, 0.4) is 0 Å². The zero-order valence-electron chi connectivity index (χ0n) is 32.6.